The van der Waals surface area contributed by atoms with Crippen LogP contribution in [0.25, 0.3) is 17.1 Å². The van der Waals surface area contributed by atoms with Crippen molar-refractivity contribution in [1.29, 1.82) is 0 Å². The Balaban J connectivity index is 1.62. The fraction of sp³-hybridized carbons (Fsp3) is 0.167. The number of thioether (sulfide) groups is 1. The van der Waals surface area contributed by atoms with Crippen molar-refractivity contribution in [2.24, 2.45) is 0 Å². The highest BCUT2D eigenvalue weighted by atomic mass is 35.5. The van der Waals surface area contributed by atoms with Gasteiger partial charge in [0.25, 0.3) is 0 Å². The Kier molecular flexibility index (Phi) is 7.33. The van der Waals surface area contributed by atoms with Crippen LogP contribution >= 0.6 is 35.0 Å². The molecule has 4 aromatic rings. The third kappa shape index (κ3) is 5.38. The van der Waals surface area contributed by atoms with Gasteiger partial charge in [-0.3, -0.25) is 14.3 Å². The minimum absolute atomic E-state index is 0.0945. The maximum atomic E-state index is 12.9. The maximum Gasteiger partial charge on any atom is 0.233 e. The van der Waals surface area contributed by atoms with Crippen LogP contribution in [0.1, 0.15) is 25.5 Å². The van der Waals surface area contributed by atoms with Gasteiger partial charge >= 0.3 is 0 Å². The van der Waals surface area contributed by atoms with Crippen LogP contribution in [0, 0.1) is 0 Å². The molecule has 1 N–H and O–H groups in total. The largest absolute Gasteiger partial charge is 0.349 e. The molecule has 1 amide bonds. The van der Waals surface area contributed by atoms with Gasteiger partial charge in [0.2, 0.25) is 5.91 Å². The number of rotatable bonds is 7. The number of halogens is 2. The maximum absolute atomic E-state index is 12.9. The van der Waals surface area contributed by atoms with Gasteiger partial charge in [-0.25, -0.2) is 0 Å². The number of amides is 1. The second kappa shape index (κ2) is 10.4. The molecule has 2 atom stereocenters. The molecule has 0 saturated carbocycles. The SMILES string of the molecule is CC(Sc1nnc(-c2cccnc2)n1-c1ccc(Cl)c(Cl)c1)C(=O)NC(C)c1ccccc1. The van der Waals surface area contributed by atoms with Gasteiger partial charge in [-0.05, 0) is 49.7 Å². The van der Waals surface area contributed by atoms with Gasteiger partial charge in [-0.2, -0.15) is 0 Å². The van der Waals surface area contributed by atoms with E-state index in [0.29, 0.717) is 21.0 Å². The van der Waals surface area contributed by atoms with Crippen LogP contribution in [0.2, 0.25) is 10.0 Å². The first kappa shape index (κ1) is 23.3. The van der Waals surface area contributed by atoms with Gasteiger partial charge in [-0.1, -0.05) is 65.3 Å². The molecule has 4 rings (SSSR count). The number of hydrogen-bond acceptors (Lipinski definition) is 5. The van der Waals surface area contributed by atoms with Crippen LogP contribution < -0.4 is 5.32 Å². The van der Waals surface area contributed by atoms with Crippen molar-refractivity contribution in [1.82, 2.24) is 25.1 Å². The Hall–Kier alpha value is -2.87. The minimum Gasteiger partial charge on any atom is -0.349 e. The van der Waals surface area contributed by atoms with Crippen LogP contribution in [0.5, 0.6) is 0 Å². The standard InChI is InChI=1S/C24H21Cl2N5OS/c1-15(17-7-4-3-5-8-17)28-23(32)16(2)33-24-30-29-22(18-9-6-12-27-14-18)31(24)19-10-11-20(25)21(26)13-19/h3-16H,1-2H3,(H,28,32). The Morgan fingerprint density at radius 2 is 1.79 bits per heavy atom. The van der Waals surface area contributed by atoms with Crippen LogP contribution in [-0.4, -0.2) is 30.9 Å². The smallest absolute Gasteiger partial charge is 0.233 e. The Bertz CT molecular complexity index is 1250. The van der Waals surface area contributed by atoms with E-state index in [1.165, 1.54) is 11.8 Å². The lowest BCUT2D eigenvalue weighted by Gasteiger charge is -2.18. The Morgan fingerprint density at radius 1 is 1.00 bits per heavy atom. The van der Waals surface area contributed by atoms with Crippen molar-refractivity contribution in [3.63, 3.8) is 0 Å². The minimum atomic E-state index is -0.413. The molecule has 2 aromatic heterocycles. The zero-order valence-electron chi connectivity index (χ0n) is 17.9. The third-order valence-electron chi connectivity index (χ3n) is 5.02. The molecule has 2 heterocycles. The van der Waals surface area contributed by atoms with Crippen molar-refractivity contribution >= 4 is 40.9 Å². The molecule has 33 heavy (non-hydrogen) atoms. The van der Waals surface area contributed by atoms with Gasteiger partial charge < -0.3 is 5.32 Å². The lowest BCUT2D eigenvalue weighted by atomic mass is 10.1. The van der Waals surface area contributed by atoms with E-state index in [1.807, 2.05) is 66.9 Å². The molecule has 168 valence electrons. The van der Waals surface area contributed by atoms with Crippen molar-refractivity contribution in [2.75, 3.05) is 0 Å². The predicted octanol–water partition coefficient (Wildman–Crippen LogP) is 5.99. The van der Waals surface area contributed by atoms with E-state index in [0.717, 1.165) is 16.8 Å². The van der Waals surface area contributed by atoms with Crippen molar-refractivity contribution < 1.29 is 4.79 Å². The number of carbonyl (C=O) groups is 1. The zero-order chi connectivity index (χ0) is 23.4. The summed E-state index contributed by atoms with van der Waals surface area (Å²) >= 11 is 13.7. The van der Waals surface area contributed by atoms with E-state index in [4.69, 9.17) is 23.2 Å². The van der Waals surface area contributed by atoms with Crippen LogP contribution in [0.15, 0.2) is 78.2 Å². The molecule has 9 heteroatoms. The second-order valence-corrected chi connectivity index (χ2v) is 9.51. The molecular formula is C24H21Cl2N5OS. The van der Waals surface area contributed by atoms with Gasteiger partial charge in [0.15, 0.2) is 11.0 Å². The molecule has 2 aromatic carbocycles. The number of benzene rings is 2. The first-order valence-corrected chi connectivity index (χ1v) is 11.9. The van der Waals surface area contributed by atoms with Crippen LogP contribution in [0.3, 0.4) is 0 Å². The second-order valence-electron chi connectivity index (χ2n) is 7.38. The summed E-state index contributed by atoms with van der Waals surface area (Å²) in [6.45, 7) is 3.80. The number of nitrogens with zero attached hydrogens (tertiary/aromatic N) is 4. The molecule has 2 unspecified atom stereocenters. The molecule has 0 aliphatic rings. The monoisotopic (exact) mass is 497 g/mol. The molecule has 0 radical (unpaired) electrons. The van der Waals surface area contributed by atoms with E-state index >= 15 is 0 Å². The normalized spacial score (nSPS) is 12.8. The van der Waals surface area contributed by atoms with Crippen LogP contribution in [-0.2, 0) is 4.79 Å². The zero-order valence-corrected chi connectivity index (χ0v) is 20.3. The molecule has 0 fully saturated rings. The lowest BCUT2D eigenvalue weighted by Crippen LogP contribution is -2.33. The predicted molar refractivity (Wildman–Crippen MR) is 133 cm³/mol. The Labute approximate surface area is 206 Å². The third-order valence-corrected chi connectivity index (χ3v) is 6.81. The van der Waals surface area contributed by atoms with Crippen molar-refractivity contribution in [3.8, 4) is 17.1 Å². The summed E-state index contributed by atoms with van der Waals surface area (Å²) in [7, 11) is 0. The van der Waals surface area contributed by atoms with Gasteiger partial charge in [0.05, 0.1) is 27.0 Å². The summed E-state index contributed by atoms with van der Waals surface area (Å²) in [5.41, 5.74) is 2.57. The van der Waals surface area contributed by atoms with E-state index in [2.05, 4.69) is 20.5 Å². The van der Waals surface area contributed by atoms with E-state index in [1.54, 1.807) is 24.5 Å². The Morgan fingerprint density at radius 3 is 2.48 bits per heavy atom. The first-order valence-electron chi connectivity index (χ1n) is 10.3. The molecule has 0 bridgehead atoms. The summed E-state index contributed by atoms with van der Waals surface area (Å²) < 4.78 is 1.86. The van der Waals surface area contributed by atoms with Crippen molar-refractivity contribution in [3.05, 3.63) is 88.7 Å². The highest BCUT2D eigenvalue weighted by molar-refractivity contribution is 8.00. The number of nitrogens with one attached hydrogen (secondary N) is 1. The number of carbonyl (C=O) groups excluding carboxylic acids is 1. The highest BCUT2D eigenvalue weighted by Crippen LogP contribution is 2.32. The molecular weight excluding hydrogens is 477 g/mol. The molecule has 0 saturated heterocycles. The molecule has 0 aliphatic heterocycles. The van der Waals surface area contributed by atoms with Gasteiger partial charge in [0.1, 0.15) is 0 Å². The molecule has 0 spiro atoms. The first-order chi connectivity index (χ1) is 15.9. The van der Waals surface area contributed by atoms with Gasteiger partial charge in [-0.15, -0.1) is 10.2 Å². The van der Waals surface area contributed by atoms with E-state index < -0.39 is 5.25 Å². The number of hydrogen-bond donors (Lipinski definition) is 1. The fourth-order valence-corrected chi connectivity index (χ4v) is 4.42. The summed E-state index contributed by atoms with van der Waals surface area (Å²) in [6, 6.07) is 18.8. The average molecular weight is 498 g/mol. The van der Waals surface area contributed by atoms with Gasteiger partial charge in [0, 0.05) is 18.0 Å². The number of aromatic nitrogens is 4. The summed E-state index contributed by atoms with van der Waals surface area (Å²) in [5.74, 6) is 0.497. The topological polar surface area (TPSA) is 72.7 Å². The van der Waals surface area contributed by atoms with E-state index in [-0.39, 0.29) is 11.9 Å². The summed E-state index contributed by atoms with van der Waals surface area (Å²) in [6.07, 6.45) is 3.41. The molecule has 0 aliphatic carbocycles. The van der Waals surface area contributed by atoms with Crippen LogP contribution in [0.4, 0.5) is 0 Å². The summed E-state index contributed by atoms with van der Waals surface area (Å²) in [5, 5.41) is 12.8. The quantitative estimate of drug-likeness (QED) is 0.317. The van der Waals surface area contributed by atoms with Crippen molar-refractivity contribution in [2.45, 2.75) is 30.3 Å². The highest BCUT2D eigenvalue weighted by Gasteiger charge is 2.23. The molecule has 6 nitrogen and oxygen atoms in total. The average Bonchev–Trinajstić information content (AvgIpc) is 3.25. The van der Waals surface area contributed by atoms with E-state index in [9.17, 15) is 4.79 Å². The number of pyridine rings is 1. The lowest BCUT2D eigenvalue weighted by molar-refractivity contribution is -0.120. The fourth-order valence-electron chi connectivity index (χ4n) is 3.25. The summed E-state index contributed by atoms with van der Waals surface area (Å²) in [4.78, 5) is 17.1.